The lowest BCUT2D eigenvalue weighted by molar-refractivity contribution is -0.133. The summed E-state index contributed by atoms with van der Waals surface area (Å²) in [6.07, 6.45) is 0. The first-order valence-corrected chi connectivity index (χ1v) is 12.6. The van der Waals surface area contributed by atoms with Crippen molar-refractivity contribution >= 4 is 44.6 Å². The van der Waals surface area contributed by atoms with Crippen molar-refractivity contribution in [2.45, 2.75) is 10.3 Å². The van der Waals surface area contributed by atoms with Gasteiger partial charge in [-0.05, 0) is 29.1 Å². The standard InChI is InChI=1S/C22H22ClN3O3S2/c23-18-9-4-5-10-19(18)25-12-14-26(15-13-25)22(27)21(17-7-2-1-3-8-17)24-31(28,29)20-11-6-16-30-20/h1-11,16,21,24H,12-15H2/t21-/m0/s1. The van der Waals surface area contributed by atoms with Gasteiger partial charge in [0.15, 0.2) is 0 Å². The Bertz CT molecular complexity index is 1130. The molecule has 1 saturated heterocycles. The highest BCUT2D eigenvalue weighted by atomic mass is 35.5. The van der Waals surface area contributed by atoms with Gasteiger partial charge in [0.05, 0.1) is 10.7 Å². The summed E-state index contributed by atoms with van der Waals surface area (Å²) in [5.74, 6) is -0.259. The monoisotopic (exact) mass is 475 g/mol. The molecule has 1 atom stereocenters. The second kappa shape index (κ2) is 9.40. The molecule has 1 amide bonds. The molecule has 1 fully saturated rings. The van der Waals surface area contributed by atoms with Gasteiger partial charge in [0.25, 0.3) is 10.0 Å². The molecule has 1 N–H and O–H groups in total. The molecule has 0 bridgehead atoms. The highest BCUT2D eigenvalue weighted by Gasteiger charge is 2.32. The van der Waals surface area contributed by atoms with Crippen LogP contribution in [-0.2, 0) is 14.8 Å². The van der Waals surface area contributed by atoms with Crippen LogP contribution in [0.25, 0.3) is 0 Å². The minimum atomic E-state index is -3.81. The summed E-state index contributed by atoms with van der Waals surface area (Å²) < 4.78 is 28.5. The summed E-state index contributed by atoms with van der Waals surface area (Å²) in [5, 5.41) is 2.37. The quantitative estimate of drug-likeness (QED) is 0.589. The average molecular weight is 476 g/mol. The number of hydrogen-bond donors (Lipinski definition) is 1. The SMILES string of the molecule is O=C([C@@H](NS(=O)(=O)c1cccs1)c1ccccc1)N1CCN(c2ccccc2Cl)CC1. The molecule has 162 valence electrons. The van der Waals surface area contributed by atoms with Crippen LogP contribution in [0.3, 0.4) is 0 Å². The number of piperazine rings is 1. The Morgan fingerprint density at radius 2 is 1.61 bits per heavy atom. The van der Waals surface area contributed by atoms with Crippen molar-refractivity contribution in [2.75, 3.05) is 31.1 Å². The van der Waals surface area contributed by atoms with Crippen molar-refractivity contribution in [1.29, 1.82) is 0 Å². The van der Waals surface area contributed by atoms with Crippen LogP contribution in [0.2, 0.25) is 5.02 Å². The fourth-order valence-corrected chi connectivity index (χ4v) is 6.04. The van der Waals surface area contributed by atoms with E-state index in [4.69, 9.17) is 11.6 Å². The van der Waals surface area contributed by atoms with Gasteiger partial charge >= 0.3 is 0 Å². The second-order valence-corrected chi connectivity index (χ2v) is 10.5. The van der Waals surface area contributed by atoms with E-state index >= 15 is 0 Å². The maximum Gasteiger partial charge on any atom is 0.251 e. The van der Waals surface area contributed by atoms with Gasteiger partial charge in [-0.2, -0.15) is 4.72 Å². The molecule has 2 aromatic carbocycles. The fourth-order valence-electron chi connectivity index (χ4n) is 3.59. The number of carbonyl (C=O) groups is 1. The molecule has 31 heavy (non-hydrogen) atoms. The van der Waals surface area contributed by atoms with Crippen LogP contribution < -0.4 is 9.62 Å². The Morgan fingerprint density at radius 3 is 2.26 bits per heavy atom. The van der Waals surface area contributed by atoms with Crippen molar-refractivity contribution in [1.82, 2.24) is 9.62 Å². The zero-order chi connectivity index (χ0) is 21.8. The number of sulfonamides is 1. The third-order valence-corrected chi connectivity index (χ3v) is 8.34. The molecule has 0 unspecified atom stereocenters. The van der Waals surface area contributed by atoms with E-state index in [0.717, 1.165) is 17.0 Å². The predicted octanol–water partition coefficient (Wildman–Crippen LogP) is 3.77. The van der Waals surface area contributed by atoms with Gasteiger partial charge in [-0.1, -0.05) is 60.1 Å². The van der Waals surface area contributed by atoms with E-state index in [-0.39, 0.29) is 10.1 Å². The number of para-hydroxylation sites is 1. The smallest absolute Gasteiger partial charge is 0.251 e. The van der Waals surface area contributed by atoms with Crippen LogP contribution in [0, 0.1) is 0 Å². The largest absolute Gasteiger partial charge is 0.367 e. The fraction of sp³-hybridized carbons (Fsp3) is 0.227. The number of halogens is 1. The molecule has 1 aromatic heterocycles. The molecule has 1 aliphatic heterocycles. The Balaban J connectivity index is 1.52. The van der Waals surface area contributed by atoms with Gasteiger partial charge in [-0.25, -0.2) is 8.42 Å². The third-order valence-electron chi connectivity index (χ3n) is 5.20. The number of hydrogen-bond acceptors (Lipinski definition) is 5. The van der Waals surface area contributed by atoms with E-state index in [1.807, 2.05) is 30.3 Å². The Morgan fingerprint density at radius 1 is 0.935 bits per heavy atom. The summed E-state index contributed by atoms with van der Waals surface area (Å²) in [5.41, 5.74) is 1.55. The van der Waals surface area contributed by atoms with Gasteiger partial charge in [-0.15, -0.1) is 11.3 Å². The van der Waals surface area contributed by atoms with Crippen LogP contribution in [-0.4, -0.2) is 45.4 Å². The molecule has 3 aromatic rings. The van der Waals surface area contributed by atoms with Crippen LogP contribution >= 0.6 is 22.9 Å². The van der Waals surface area contributed by atoms with Gasteiger partial charge in [0, 0.05) is 26.2 Å². The first-order chi connectivity index (χ1) is 15.0. The Kier molecular flexibility index (Phi) is 6.62. The number of carbonyl (C=O) groups excluding carboxylic acids is 1. The lowest BCUT2D eigenvalue weighted by Gasteiger charge is -2.38. The lowest BCUT2D eigenvalue weighted by atomic mass is 10.1. The van der Waals surface area contributed by atoms with Gasteiger partial charge in [-0.3, -0.25) is 4.79 Å². The molecule has 1 aliphatic rings. The van der Waals surface area contributed by atoms with Crippen molar-refractivity contribution in [2.24, 2.45) is 0 Å². The normalized spacial score (nSPS) is 15.6. The molecular weight excluding hydrogens is 454 g/mol. The molecule has 4 rings (SSSR count). The highest BCUT2D eigenvalue weighted by Crippen LogP contribution is 2.27. The third kappa shape index (κ3) is 4.93. The van der Waals surface area contributed by atoms with Gasteiger partial charge in [0.2, 0.25) is 5.91 Å². The minimum absolute atomic E-state index is 0.185. The van der Waals surface area contributed by atoms with Crippen LogP contribution in [0.1, 0.15) is 11.6 Å². The van der Waals surface area contributed by atoms with Gasteiger partial charge in [0.1, 0.15) is 10.3 Å². The molecule has 0 saturated carbocycles. The summed E-state index contributed by atoms with van der Waals surface area (Å²) in [7, 11) is -3.81. The number of anilines is 1. The maximum absolute atomic E-state index is 13.4. The summed E-state index contributed by atoms with van der Waals surface area (Å²) in [6.45, 7) is 2.20. The number of amides is 1. The molecular formula is C22H22ClN3O3S2. The summed E-state index contributed by atoms with van der Waals surface area (Å²) in [4.78, 5) is 17.3. The van der Waals surface area contributed by atoms with Gasteiger partial charge < -0.3 is 9.80 Å². The van der Waals surface area contributed by atoms with E-state index < -0.39 is 16.1 Å². The maximum atomic E-state index is 13.4. The van der Waals surface area contributed by atoms with E-state index in [1.165, 1.54) is 6.07 Å². The lowest BCUT2D eigenvalue weighted by Crippen LogP contribution is -2.52. The molecule has 0 radical (unpaired) electrons. The summed E-state index contributed by atoms with van der Waals surface area (Å²) in [6, 6.07) is 18.8. The Labute approximate surface area is 191 Å². The van der Waals surface area contributed by atoms with E-state index in [2.05, 4.69) is 9.62 Å². The molecule has 6 nitrogen and oxygen atoms in total. The van der Waals surface area contributed by atoms with Crippen molar-refractivity contribution in [3.05, 3.63) is 82.7 Å². The number of rotatable bonds is 6. The van der Waals surface area contributed by atoms with E-state index in [9.17, 15) is 13.2 Å². The topological polar surface area (TPSA) is 69.7 Å². The summed E-state index contributed by atoms with van der Waals surface area (Å²) >= 11 is 7.43. The first-order valence-electron chi connectivity index (χ1n) is 9.85. The Hall–Kier alpha value is -2.39. The number of nitrogens with zero attached hydrogens (tertiary/aromatic N) is 2. The van der Waals surface area contributed by atoms with Crippen LogP contribution in [0.15, 0.2) is 76.3 Å². The zero-order valence-electron chi connectivity index (χ0n) is 16.6. The van der Waals surface area contributed by atoms with E-state index in [1.54, 1.807) is 40.6 Å². The molecule has 9 heteroatoms. The zero-order valence-corrected chi connectivity index (χ0v) is 19.0. The van der Waals surface area contributed by atoms with Crippen LogP contribution in [0.4, 0.5) is 5.69 Å². The number of thiophene rings is 1. The van der Waals surface area contributed by atoms with Crippen LogP contribution in [0.5, 0.6) is 0 Å². The second-order valence-electron chi connectivity index (χ2n) is 7.16. The minimum Gasteiger partial charge on any atom is -0.367 e. The van der Waals surface area contributed by atoms with Crippen molar-refractivity contribution in [3.63, 3.8) is 0 Å². The average Bonchev–Trinajstić information content (AvgIpc) is 3.34. The first kappa shape index (κ1) is 21.8. The van der Waals surface area contributed by atoms with Crippen molar-refractivity contribution < 1.29 is 13.2 Å². The molecule has 2 heterocycles. The van der Waals surface area contributed by atoms with Crippen molar-refractivity contribution in [3.8, 4) is 0 Å². The van der Waals surface area contributed by atoms with E-state index in [0.29, 0.717) is 36.8 Å². The number of nitrogens with one attached hydrogen (secondary N) is 1. The molecule has 0 aliphatic carbocycles. The molecule has 0 spiro atoms. The predicted molar refractivity (Wildman–Crippen MR) is 124 cm³/mol. The highest BCUT2D eigenvalue weighted by molar-refractivity contribution is 7.91. The number of benzene rings is 2.